The molecule has 3 fully saturated rings. The van der Waals surface area contributed by atoms with Crippen LogP contribution in [0.3, 0.4) is 0 Å². The summed E-state index contributed by atoms with van der Waals surface area (Å²) in [5.74, 6) is -12.5. The molecule has 0 spiro atoms. The fourth-order valence-electron chi connectivity index (χ4n) is 7.86. The van der Waals surface area contributed by atoms with Crippen molar-refractivity contribution >= 4 is 21.0 Å². The highest BCUT2D eigenvalue weighted by Crippen LogP contribution is 2.54. The highest BCUT2D eigenvalue weighted by molar-refractivity contribution is 7.97. The number of benzene rings is 3. The molecule has 3 saturated carbocycles. The van der Waals surface area contributed by atoms with Gasteiger partial charge >= 0.3 is 23.3 Å². The Balaban J connectivity index is 0.000000281. The lowest BCUT2D eigenvalue weighted by atomic mass is 9.84. The standard InChI is InChI=1S/C36H45S.C4HF9O3S/c1-4-10-28(11-5-1)31-16-22-34(23-17-31)37(35-24-18-32(19-25-35)29-12-6-2-7-13-29)36-26-20-33(21-27-36)30-14-8-3-9-15-30;5-1(6,3(9,10)11)2(7,8)4(12,13)17(14,15)16/h16-30H,1-15H2;(H,14,15,16)/q+1;/p-1. The van der Waals surface area contributed by atoms with Crippen molar-refractivity contribution in [3.05, 3.63) is 89.5 Å². The molecule has 54 heavy (non-hydrogen) atoms. The zero-order valence-electron chi connectivity index (χ0n) is 29.7. The van der Waals surface area contributed by atoms with Gasteiger partial charge in [-0.1, -0.05) is 94.2 Å². The maximum absolute atomic E-state index is 12.2. The van der Waals surface area contributed by atoms with Crippen molar-refractivity contribution in [1.82, 2.24) is 0 Å². The molecule has 3 aliphatic rings. The van der Waals surface area contributed by atoms with Crippen LogP contribution in [0.4, 0.5) is 39.5 Å². The van der Waals surface area contributed by atoms with E-state index in [2.05, 4.69) is 72.8 Å². The van der Waals surface area contributed by atoms with Crippen LogP contribution < -0.4 is 0 Å². The Morgan fingerprint density at radius 3 is 0.926 bits per heavy atom. The lowest BCUT2D eigenvalue weighted by Gasteiger charge is -2.34. The summed E-state index contributed by atoms with van der Waals surface area (Å²) in [6.07, 6.45) is 13.7. The molecular weight excluding hydrogens is 764 g/mol. The van der Waals surface area contributed by atoms with E-state index in [0.717, 1.165) is 17.8 Å². The summed E-state index contributed by atoms with van der Waals surface area (Å²) in [5.41, 5.74) is 4.69. The van der Waals surface area contributed by atoms with Crippen LogP contribution in [0.15, 0.2) is 87.5 Å². The molecule has 0 amide bonds. The molecule has 3 aliphatic carbocycles. The molecule has 0 saturated heterocycles. The molecule has 3 nitrogen and oxygen atoms in total. The first-order chi connectivity index (χ1) is 25.3. The molecule has 0 atom stereocenters. The topological polar surface area (TPSA) is 57.2 Å². The summed E-state index contributed by atoms with van der Waals surface area (Å²) >= 11 is 0. The molecule has 14 heteroatoms. The summed E-state index contributed by atoms with van der Waals surface area (Å²) < 4.78 is 135. The van der Waals surface area contributed by atoms with E-state index >= 15 is 0 Å². The lowest BCUT2D eigenvalue weighted by Crippen LogP contribution is -2.63. The average Bonchev–Trinajstić information content (AvgIpc) is 3.16. The SMILES string of the molecule is O=S(=O)([O-])C(F)(F)C(F)(F)C(F)(F)C(F)(F)F.c1cc([S+](c2ccc(C3CCCCC3)cc2)c2ccc(C3CCCCC3)cc2)ccc1C1CCCCC1. The van der Waals surface area contributed by atoms with Crippen LogP contribution in [0, 0.1) is 0 Å². The zero-order chi connectivity index (χ0) is 39.4. The van der Waals surface area contributed by atoms with Gasteiger partial charge in [0.25, 0.3) is 0 Å². The largest absolute Gasteiger partial charge is 0.743 e. The van der Waals surface area contributed by atoms with Crippen LogP contribution in [0.1, 0.15) is 131 Å². The van der Waals surface area contributed by atoms with Gasteiger partial charge in [0.15, 0.2) is 24.8 Å². The first-order valence-corrected chi connectivity index (χ1v) is 21.2. The maximum Gasteiger partial charge on any atom is 0.460 e. The fourth-order valence-corrected chi connectivity index (χ4v) is 10.3. The van der Waals surface area contributed by atoms with Gasteiger partial charge in [-0.05, 0) is 109 Å². The summed E-state index contributed by atoms with van der Waals surface area (Å²) in [4.78, 5) is 4.40. The molecule has 298 valence electrons. The molecule has 0 aromatic heterocycles. The van der Waals surface area contributed by atoms with Crippen LogP contribution in [-0.4, -0.2) is 36.2 Å². The van der Waals surface area contributed by atoms with Gasteiger partial charge in [-0.3, -0.25) is 0 Å². The molecular formula is C40H45F9O3S2. The molecule has 6 rings (SSSR count). The smallest absolute Gasteiger partial charge is 0.460 e. The van der Waals surface area contributed by atoms with E-state index in [-0.39, 0.29) is 10.9 Å². The third-order valence-corrected chi connectivity index (χ3v) is 14.1. The van der Waals surface area contributed by atoms with Gasteiger partial charge in [0.2, 0.25) is 0 Å². The van der Waals surface area contributed by atoms with Gasteiger partial charge in [-0.25, -0.2) is 8.42 Å². The number of hydrogen-bond donors (Lipinski definition) is 0. The van der Waals surface area contributed by atoms with Crippen LogP contribution >= 0.6 is 0 Å². The van der Waals surface area contributed by atoms with Gasteiger partial charge in [-0.15, -0.1) is 0 Å². The van der Waals surface area contributed by atoms with Crippen molar-refractivity contribution in [2.45, 2.75) is 152 Å². The minimum absolute atomic E-state index is 0.0542. The first-order valence-electron chi connectivity index (χ1n) is 18.5. The summed E-state index contributed by atoms with van der Waals surface area (Å²) in [6.45, 7) is 0. The Morgan fingerprint density at radius 2 is 0.704 bits per heavy atom. The Labute approximate surface area is 314 Å². The van der Waals surface area contributed by atoms with E-state index < -0.39 is 33.4 Å². The lowest BCUT2D eigenvalue weighted by molar-refractivity contribution is -0.382. The van der Waals surface area contributed by atoms with Crippen molar-refractivity contribution in [2.75, 3.05) is 0 Å². The van der Waals surface area contributed by atoms with E-state index in [4.69, 9.17) is 0 Å². The highest BCUT2D eigenvalue weighted by Gasteiger charge is 2.83. The van der Waals surface area contributed by atoms with Gasteiger partial charge < -0.3 is 4.55 Å². The first kappa shape index (κ1) is 42.4. The van der Waals surface area contributed by atoms with Crippen LogP contribution in [0.25, 0.3) is 0 Å². The Hall–Kier alpha value is -2.71. The number of hydrogen-bond acceptors (Lipinski definition) is 3. The Kier molecular flexibility index (Phi) is 13.5. The van der Waals surface area contributed by atoms with Crippen molar-refractivity contribution < 1.29 is 52.5 Å². The number of rotatable bonds is 9. The van der Waals surface area contributed by atoms with Crippen molar-refractivity contribution in [1.29, 1.82) is 0 Å². The fraction of sp³-hybridized carbons (Fsp3) is 0.550. The van der Waals surface area contributed by atoms with Crippen LogP contribution in [0.2, 0.25) is 0 Å². The zero-order valence-corrected chi connectivity index (χ0v) is 31.3. The Morgan fingerprint density at radius 1 is 0.444 bits per heavy atom. The van der Waals surface area contributed by atoms with Crippen molar-refractivity contribution in [3.63, 3.8) is 0 Å². The second kappa shape index (κ2) is 17.2. The average molecular weight is 809 g/mol. The summed E-state index contributed by atoms with van der Waals surface area (Å²) in [5, 5.41) is -7.11. The van der Waals surface area contributed by atoms with E-state index in [0.29, 0.717) is 0 Å². The third kappa shape index (κ3) is 9.28. The quantitative estimate of drug-likeness (QED) is 0.123. The second-order valence-corrected chi connectivity index (χ2v) is 18.1. The predicted molar refractivity (Wildman–Crippen MR) is 190 cm³/mol. The van der Waals surface area contributed by atoms with Gasteiger partial charge in [0.05, 0.1) is 10.9 Å². The van der Waals surface area contributed by atoms with E-state index in [1.54, 1.807) is 16.7 Å². The van der Waals surface area contributed by atoms with Crippen LogP contribution in [-0.2, 0) is 21.0 Å². The molecule has 0 aliphatic heterocycles. The van der Waals surface area contributed by atoms with Crippen molar-refractivity contribution in [3.8, 4) is 0 Å². The van der Waals surface area contributed by atoms with E-state index in [1.165, 1.54) is 111 Å². The predicted octanol–water partition coefficient (Wildman–Crippen LogP) is 12.9. The van der Waals surface area contributed by atoms with Crippen LogP contribution in [0.5, 0.6) is 0 Å². The van der Waals surface area contributed by atoms with Gasteiger partial charge in [0.1, 0.15) is 0 Å². The Bertz CT molecular complexity index is 1600. The monoisotopic (exact) mass is 808 g/mol. The minimum Gasteiger partial charge on any atom is -0.743 e. The highest BCUT2D eigenvalue weighted by atomic mass is 32.2. The maximum atomic E-state index is 12.2. The molecule has 0 unspecified atom stereocenters. The second-order valence-electron chi connectivity index (χ2n) is 14.6. The number of halogens is 9. The summed E-state index contributed by atoms with van der Waals surface area (Å²) in [6, 6.07) is 29.5. The van der Waals surface area contributed by atoms with Crippen molar-refractivity contribution in [2.24, 2.45) is 0 Å². The van der Waals surface area contributed by atoms with E-state index in [9.17, 15) is 52.5 Å². The molecule has 0 radical (unpaired) electrons. The van der Waals surface area contributed by atoms with Gasteiger partial charge in [0, 0.05) is 0 Å². The third-order valence-electron chi connectivity index (χ3n) is 11.0. The molecule has 0 N–H and O–H groups in total. The molecule has 0 heterocycles. The molecule has 3 aromatic rings. The molecule has 0 bridgehead atoms. The minimum atomic E-state index is -7.43. The number of alkyl halides is 9. The normalized spacial score (nSPS) is 19.0. The van der Waals surface area contributed by atoms with Gasteiger partial charge in [-0.2, -0.15) is 39.5 Å². The molecule has 3 aromatic carbocycles. The summed E-state index contributed by atoms with van der Waals surface area (Å²) in [7, 11) is -7.47. The van der Waals surface area contributed by atoms with E-state index in [1.807, 2.05) is 0 Å².